The van der Waals surface area contributed by atoms with Crippen LogP contribution in [0.3, 0.4) is 0 Å². The molecule has 0 radical (unpaired) electrons. The maximum absolute atomic E-state index is 12.1. The Hall–Kier alpha value is -0.860. The van der Waals surface area contributed by atoms with E-state index in [-0.39, 0.29) is 23.9 Å². The van der Waals surface area contributed by atoms with Crippen LogP contribution < -0.4 is 10.3 Å². The predicted octanol–water partition coefficient (Wildman–Crippen LogP) is 3.49. The lowest BCUT2D eigenvalue weighted by molar-refractivity contribution is 0.301. The van der Waals surface area contributed by atoms with Crippen LogP contribution in [0.4, 0.5) is 0 Å². The fraction of sp³-hybridized carbons (Fsp3) is 0.357. The molecule has 2 heterocycles. The molecule has 5 nitrogen and oxygen atoms in total. The van der Waals surface area contributed by atoms with Crippen molar-refractivity contribution in [3.05, 3.63) is 49.2 Å². The number of pyridine rings is 1. The van der Waals surface area contributed by atoms with Crippen LogP contribution in [0.5, 0.6) is 5.75 Å². The number of halogens is 3. The van der Waals surface area contributed by atoms with Gasteiger partial charge in [0.05, 0.1) is 17.6 Å². The molecule has 2 aromatic heterocycles. The van der Waals surface area contributed by atoms with E-state index in [4.69, 9.17) is 27.9 Å². The zero-order valence-corrected chi connectivity index (χ0v) is 15.7. The summed E-state index contributed by atoms with van der Waals surface area (Å²) in [4.78, 5) is 15.7. The Labute approximate surface area is 151 Å². The lowest BCUT2D eigenvalue weighted by Crippen LogP contribution is -2.31. The van der Waals surface area contributed by atoms with Crippen molar-refractivity contribution in [2.75, 3.05) is 0 Å². The molecule has 0 spiro atoms. The summed E-state index contributed by atoms with van der Waals surface area (Å²) in [5, 5.41) is 4.04. The van der Waals surface area contributed by atoms with Crippen molar-refractivity contribution in [3.8, 4) is 5.75 Å². The van der Waals surface area contributed by atoms with Crippen molar-refractivity contribution in [1.29, 1.82) is 0 Å². The average molecular weight is 454 g/mol. The Balaban J connectivity index is 2.14. The molecule has 0 atom stereocenters. The van der Waals surface area contributed by atoms with Gasteiger partial charge in [-0.3, -0.25) is 4.79 Å². The zero-order chi connectivity index (χ0) is 16.3. The highest BCUT2D eigenvalue weighted by molar-refractivity contribution is 14.1. The molecule has 0 fully saturated rings. The summed E-state index contributed by atoms with van der Waals surface area (Å²) in [6.07, 6.45) is 3.13. The van der Waals surface area contributed by atoms with Crippen LogP contribution >= 0.6 is 45.8 Å². The van der Waals surface area contributed by atoms with Gasteiger partial charge in [-0.1, -0.05) is 17.7 Å². The second-order valence-corrected chi connectivity index (χ2v) is 7.79. The first-order chi connectivity index (χ1) is 10.3. The summed E-state index contributed by atoms with van der Waals surface area (Å²) in [6, 6.07) is 3.77. The number of hydrogen-bond acceptors (Lipinski definition) is 4. The van der Waals surface area contributed by atoms with E-state index in [0.29, 0.717) is 0 Å². The summed E-state index contributed by atoms with van der Waals surface area (Å²) in [5.41, 5.74) is 0.455. The third kappa shape index (κ3) is 4.82. The smallest absolute Gasteiger partial charge is 0.289 e. The van der Waals surface area contributed by atoms with Crippen LogP contribution in [0.25, 0.3) is 0 Å². The zero-order valence-electron chi connectivity index (χ0n) is 12.0. The number of alkyl halides is 1. The third-order valence-electron chi connectivity index (χ3n) is 2.66. The average Bonchev–Trinajstić information content (AvgIpc) is 2.44. The first-order valence-electron chi connectivity index (χ1n) is 6.44. The van der Waals surface area contributed by atoms with E-state index in [2.05, 4.69) is 32.7 Å². The van der Waals surface area contributed by atoms with Crippen LogP contribution in [0, 0.1) is 3.70 Å². The molecule has 0 aromatic carbocycles. The SMILES string of the molecule is CC(C)(Cl)Cn1ncc(OCc2ccc(I)nc2)c(Cl)c1=O. The van der Waals surface area contributed by atoms with Crippen LogP contribution in [-0.4, -0.2) is 19.6 Å². The van der Waals surface area contributed by atoms with E-state index in [0.717, 1.165) is 9.26 Å². The fourth-order valence-electron chi connectivity index (χ4n) is 1.67. The van der Waals surface area contributed by atoms with E-state index in [1.807, 2.05) is 12.1 Å². The number of ether oxygens (including phenoxy) is 1. The van der Waals surface area contributed by atoms with Gasteiger partial charge in [0.15, 0.2) is 10.8 Å². The highest BCUT2D eigenvalue weighted by Crippen LogP contribution is 2.21. The second kappa shape index (κ2) is 7.14. The topological polar surface area (TPSA) is 57.0 Å². The molecule has 0 saturated carbocycles. The van der Waals surface area contributed by atoms with Crippen LogP contribution in [0.15, 0.2) is 29.3 Å². The van der Waals surface area contributed by atoms with Gasteiger partial charge in [0.25, 0.3) is 5.56 Å². The monoisotopic (exact) mass is 453 g/mol. The summed E-state index contributed by atoms with van der Waals surface area (Å²) >= 11 is 14.3. The molecular weight excluding hydrogens is 440 g/mol. The van der Waals surface area contributed by atoms with Crippen molar-refractivity contribution in [2.24, 2.45) is 0 Å². The molecule has 2 aromatic rings. The first-order valence-corrected chi connectivity index (χ1v) is 8.27. The number of nitrogens with zero attached hydrogens (tertiary/aromatic N) is 3. The Morgan fingerprint density at radius 1 is 1.36 bits per heavy atom. The molecule has 0 aliphatic rings. The first kappa shape index (κ1) is 17.5. The van der Waals surface area contributed by atoms with Crippen LogP contribution in [0.1, 0.15) is 19.4 Å². The largest absolute Gasteiger partial charge is 0.485 e. The summed E-state index contributed by atoms with van der Waals surface area (Å²) in [5.74, 6) is 0.244. The quantitative estimate of drug-likeness (QED) is 0.395. The number of hydrogen-bond donors (Lipinski definition) is 0. The minimum atomic E-state index is -0.588. The van der Waals surface area contributed by atoms with Crippen LogP contribution in [0.2, 0.25) is 5.02 Å². The van der Waals surface area contributed by atoms with Gasteiger partial charge in [-0.05, 0) is 42.5 Å². The van der Waals surface area contributed by atoms with E-state index in [1.54, 1.807) is 20.0 Å². The highest BCUT2D eigenvalue weighted by Gasteiger charge is 2.18. The Bertz CT molecular complexity index is 712. The molecule has 2 rings (SSSR count). The minimum Gasteiger partial charge on any atom is -0.485 e. The molecule has 0 bridgehead atoms. The minimum absolute atomic E-state index is 0.00520. The van der Waals surface area contributed by atoms with Gasteiger partial charge in [-0.15, -0.1) is 11.6 Å². The molecule has 0 N–H and O–H groups in total. The van der Waals surface area contributed by atoms with Gasteiger partial charge in [0.1, 0.15) is 10.3 Å². The van der Waals surface area contributed by atoms with Crippen molar-refractivity contribution < 1.29 is 4.74 Å². The summed E-state index contributed by atoms with van der Waals surface area (Å²) < 4.78 is 7.67. The summed E-state index contributed by atoms with van der Waals surface area (Å²) in [6.45, 7) is 4.11. The molecule has 22 heavy (non-hydrogen) atoms. The van der Waals surface area contributed by atoms with E-state index in [1.165, 1.54) is 10.9 Å². The molecule has 8 heteroatoms. The molecular formula is C14H14Cl2IN3O2. The van der Waals surface area contributed by atoms with Crippen molar-refractivity contribution in [2.45, 2.75) is 31.9 Å². The molecule has 0 unspecified atom stereocenters. The van der Waals surface area contributed by atoms with Gasteiger partial charge in [-0.2, -0.15) is 5.10 Å². The van der Waals surface area contributed by atoms with E-state index in [9.17, 15) is 4.79 Å². The summed E-state index contributed by atoms with van der Waals surface area (Å²) in [7, 11) is 0. The maximum atomic E-state index is 12.1. The fourth-order valence-corrected chi connectivity index (χ4v) is 2.31. The predicted molar refractivity (Wildman–Crippen MR) is 94.7 cm³/mol. The van der Waals surface area contributed by atoms with Gasteiger partial charge < -0.3 is 4.74 Å². The second-order valence-electron chi connectivity index (χ2n) is 5.28. The van der Waals surface area contributed by atoms with E-state index >= 15 is 0 Å². The van der Waals surface area contributed by atoms with Crippen molar-refractivity contribution >= 4 is 45.8 Å². The molecule has 0 aliphatic heterocycles. The maximum Gasteiger partial charge on any atom is 0.289 e. The molecule has 0 saturated heterocycles. The Kier molecular flexibility index (Phi) is 5.68. The standard InChI is InChI=1S/C14H14Cl2IN3O2/c1-14(2,16)8-20-13(21)12(15)10(6-19-20)22-7-9-3-4-11(17)18-5-9/h3-6H,7-8H2,1-2H3. The Morgan fingerprint density at radius 2 is 2.09 bits per heavy atom. The normalized spacial score (nSPS) is 11.5. The molecule has 0 aliphatic carbocycles. The van der Waals surface area contributed by atoms with Gasteiger partial charge in [-0.25, -0.2) is 9.67 Å². The third-order valence-corrected chi connectivity index (χ3v) is 3.77. The molecule has 118 valence electrons. The lowest BCUT2D eigenvalue weighted by Gasteiger charge is -2.17. The molecule has 0 amide bonds. The number of rotatable bonds is 5. The van der Waals surface area contributed by atoms with Crippen molar-refractivity contribution in [1.82, 2.24) is 14.8 Å². The highest BCUT2D eigenvalue weighted by atomic mass is 127. The van der Waals surface area contributed by atoms with E-state index < -0.39 is 10.4 Å². The Morgan fingerprint density at radius 3 is 2.68 bits per heavy atom. The number of aromatic nitrogens is 3. The van der Waals surface area contributed by atoms with Gasteiger partial charge in [0, 0.05) is 11.8 Å². The lowest BCUT2D eigenvalue weighted by atomic mass is 10.2. The van der Waals surface area contributed by atoms with Gasteiger partial charge >= 0.3 is 0 Å². The van der Waals surface area contributed by atoms with Crippen molar-refractivity contribution in [3.63, 3.8) is 0 Å². The van der Waals surface area contributed by atoms with Gasteiger partial charge in [0.2, 0.25) is 0 Å². The van der Waals surface area contributed by atoms with Crippen LogP contribution in [-0.2, 0) is 13.2 Å².